The molecule has 1 aromatic heterocycles. The zero-order chi connectivity index (χ0) is 12.4. The number of carbonyl (C=O) groups is 1. The second-order valence-electron chi connectivity index (χ2n) is 3.81. The molecule has 3 N–H and O–H groups in total. The minimum Gasteiger partial charge on any atom is -0.468 e. The lowest BCUT2D eigenvalue weighted by Gasteiger charge is -2.08. The third kappa shape index (κ3) is 2.14. The molecule has 1 atom stereocenters. The van der Waals surface area contributed by atoms with E-state index < -0.39 is 12.0 Å². The van der Waals surface area contributed by atoms with Crippen molar-refractivity contribution >= 4 is 16.9 Å². The number of halogens is 1. The van der Waals surface area contributed by atoms with Gasteiger partial charge in [-0.05, 0) is 17.7 Å². The predicted octanol–water partition coefficient (Wildman–Crippen LogP) is 1.35. The van der Waals surface area contributed by atoms with Crippen LogP contribution in [0.1, 0.15) is 5.56 Å². The first-order valence-electron chi connectivity index (χ1n) is 5.21. The molecular weight excluding hydrogens is 223 g/mol. The number of aromatic nitrogens is 1. The lowest BCUT2D eigenvalue weighted by molar-refractivity contribution is -0.142. The van der Waals surface area contributed by atoms with Crippen molar-refractivity contribution in [2.24, 2.45) is 5.73 Å². The van der Waals surface area contributed by atoms with Gasteiger partial charge in [0.15, 0.2) is 0 Å². The number of nitrogens with two attached hydrogens (primary N) is 1. The Morgan fingerprint density at radius 1 is 1.59 bits per heavy atom. The number of benzene rings is 1. The van der Waals surface area contributed by atoms with Gasteiger partial charge in [-0.1, -0.05) is 6.07 Å². The number of hydrogen-bond acceptors (Lipinski definition) is 3. The molecule has 1 aromatic carbocycles. The fraction of sp³-hybridized carbons (Fsp3) is 0.250. The van der Waals surface area contributed by atoms with Crippen molar-refractivity contribution in [3.63, 3.8) is 0 Å². The third-order valence-corrected chi connectivity index (χ3v) is 2.68. The molecule has 0 amide bonds. The van der Waals surface area contributed by atoms with E-state index in [4.69, 9.17) is 5.73 Å². The van der Waals surface area contributed by atoms with Crippen molar-refractivity contribution in [3.05, 3.63) is 35.8 Å². The molecule has 0 spiro atoms. The molecule has 0 saturated heterocycles. The molecular formula is C12H13FN2O2. The summed E-state index contributed by atoms with van der Waals surface area (Å²) in [5.41, 5.74) is 7.02. The summed E-state index contributed by atoms with van der Waals surface area (Å²) >= 11 is 0. The van der Waals surface area contributed by atoms with E-state index in [0.29, 0.717) is 16.5 Å². The van der Waals surface area contributed by atoms with Gasteiger partial charge < -0.3 is 15.5 Å². The van der Waals surface area contributed by atoms with Gasteiger partial charge in [0.1, 0.15) is 11.9 Å². The number of fused-ring (bicyclic) bond motifs is 1. The molecule has 0 radical (unpaired) electrons. The molecule has 2 aromatic rings. The summed E-state index contributed by atoms with van der Waals surface area (Å²) in [6, 6.07) is 3.99. The number of methoxy groups -OCH3 is 1. The van der Waals surface area contributed by atoms with Crippen LogP contribution in [0.5, 0.6) is 0 Å². The Labute approximate surface area is 97.6 Å². The van der Waals surface area contributed by atoms with E-state index in [1.54, 1.807) is 18.3 Å². The Balaban J connectivity index is 2.34. The van der Waals surface area contributed by atoms with Crippen LogP contribution >= 0.6 is 0 Å². The summed E-state index contributed by atoms with van der Waals surface area (Å²) in [6.07, 6.45) is 1.91. The number of carbonyl (C=O) groups excluding carboxylic acids is 1. The van der Waals surface area contributed by atoms with Crippen LogP contribution in [0.15, 0.2) is 24.4 Å². The molecule has 0 aliphatic rings. The van der Waals surface area contributed by atoms with Gasteiger partial charge in [-0.15, -0.1) is 0 Å². The third-order valence-electron chi connectivity index (χ3n) is 2.68. The van der Waals surface area contributed by atoms with Crippen molar-refractivity contribution < 1.29 is 13.9 Å². The first-order chi connectivity index (χ1) is 8.13. The van der Waals surface area contributed by atoms with Gasteiger partial charge in [-0.2, -0.15) is 0 Å². The highest BCUT2D eigenvalue weighted by Crippen LogP contribution is 2.22. The predicted molar refractivity (Wildman–Crippen MR) is 62.0 cm³/mol. The van der Waals surface area contributed by atoms with Gasteiger partial charge in [0.2, 0.25) is 0 Å². The van der Waals surface area contributed by atoms with Crippen LogP contribution in [-0.2, 0) is 16.0 Å². The van der Waals surface area contributed by atoms with E-state index in [9.17, 15) is 9.18 Å². The number of nitrogens with one attached hydrogen (secondary N) is 1. The first kappa shape index (κ1) is 11.6. The zero-order valence-corrected chi connectivity index (χ0v) is 9.37. The van der Waals surface area contributed by atoms with Gasteiger partial charge >= 0.3 is 5.97 Å². The Kier molecular flexibility index (Phi) is 3.10. The summed E-state index contributed by atoms with van der Waals surface area (Å²) < 4.78 is 18.2. The van der Waals surface area contributed by atoms with Crippen LogP contribution in [0.3, 0.4) is 0 Å². The van der Waals surface area contributed by atoms with Gasteiger partial charge in [0.25, 0.3) is 0 Å². The van der Waals surface area contributed by atoms with E-state index in [2.05, 4.69) is 9.72 Å². The fourth-order valence-corrected chi connectivity index (χ4v) is 1.84. The van der Waals surface area contributed by atoms with Crippen LogP contribution < -0.4 is 5.73 Å². The number of hydrogen-bond donors (Lipinski definition) is 2. The summed E-state index contributed by atoms with van der Waals surface area (Å²) in [6.45, 7) is 0. The van der Waals surface area contributed by atoms with Gasteiger partial charge in [-0.25, -0.2) is 4.39 Å². The molecule has 4 nitrogen and oxygen atoms in total. The van der Waals surface area contributed by atoms with Crippen molar-refractivity contribution in [1.29, 1.82) is 0 Å². The summed E-state index contributed by atoms with van der Waals surface area (Å²) in [5, 5.41) is 0.479. The largest absolute Gasteiger partial charge is 0.468 e. The first-order valence-corrected chi connectivity index (χ1v) is 5.21. The molecule has 1 heterocycles. The van der Waals surface area contributed by atoms with E-state index in [0.717, 1.165) is 0 Å². The summed E-state index contributed by atoms with van der Waals surface area (Å²) in [4.78, 5) is 14.2. The highest BCUT2D eigenvalue weighted by Gasteiger charge is 2.17. The molecule has 17 heavy (non-hydrogen) atoms. The van der Waals surface area contributed by atoms with Crippen LogP contribution in [-0.4, -0.2) is 24.1 Å². The lowest BCUT2D eigenvalue weighted by Crippen LogP contribution is -2.33. The number of rotatable bonds is 3. The average Bonchev–Trinajstić information content (AvgIpc) is 2.72. The molecule has 5 heteroatoms. The van der Waals surface area contributed by atoms with E-state index in [1.807, 2.05) is 0 Å². The Bertz CT molecular complexity index is 550. The number of esters is 1. The second kappa shape index (κ2) is 4.55. The number of ether oxygens (including phenoxy) is 1. The van der Waals surface area contributed by atoms with Crippen molar-refractivity contribution in [3.8, 4) is 0 Å². The van der Waals surface area contributed by atoms with Crippen LogP contribution in [0.25, 0.3) is 10.9 Å². The van der Waals surface area contributed by atoms with Gasteiger partial charge in [0, 0.05) is 23.5 Å². The summed E-state index contributed by atoms with van der Waals surface area (Å²) in [7, 11) is 1.28. The molecule has 90 valence electrons. The second-order valence-corrected chi connectivity index (χ2v) is 3.81. The molecule has 0 unspecified atom stereocenters. The maximum atomic E-state index is 13.6. The van der Waals surface area contributed by atoms with Crippen molar-refractivity contribution in [2.45, 2.75) is 12.5 Å². The minimum atomic E-state index is -0.779. The van der Waals surface area contributed by atoms with E-state index in [-0.39, 0.29) is 12.2 Å². The van der Waals surface area contributed by atoms with E-state index in [1.165, 1.54) is 13.2 Å². The lowest BCUT2D eigenvalue weighted by atomic mass is 10.1. The van der Waals surface area contributed by atoms with Crippen molar-refractivity contribution in [1.82, 2.24) is 4.98 Å². The van der Waals surface area contributed by atoms with Gasteiger partial charge in [0.05, 0.1) is 7.11 Å². The molecule has 0 fully saturated rings. The van der Waals surface area contributed by atoms with E-state index >= 15 is 0 Å². The quantitative estimate of drug-likeness (QED) is 0.790. The molecule has 0 aliphatic heterocycles. The Hall–Kier alpha value is -1.88. The Morgan fingerprint density at radius 3 is 3.06 bits per heavy atom. The SMILES string of the molecule is COC(=O)[C@@H](N)Cc1c[nH]c2cccc(F)c12. The van der Waals surface area contributed by atoms with Crippen LogP contribution in [0.2, 0.25) is 0 Å². The smallest absolute Gasteiger partial charge is 0.322 e. The average molecular weight is 236 g/mol. The fourth-order valence-electron chi connectivity index (χ4n) is 1.84. The maximum absolute atomic E-state index is 13.6. The topological polar surface area (TPSA) is 68.1 Å². The van der Waals surface area contributed by atoms with Gasteiger partial charge in [-0.3, -0.25) is 4.79 Å². The number of H-pyrrole nitrogens is 1. The molecule has 0 aliphatic carbocycles. The zero-order valence-electron chi connectivity index (χ0n) is 9.37. The Morgan fingerprint density at radius 2 is 2.35 bits per heavy atom. The molecule has 0 bridgehead atoms. The minimum absolute atomic E-state index is 0.244. The highest BCUT2D eigenvalue weighted by molar-refractivity contribution is 5.85. The monoisotopic (exact) mass is 236 g/mol. The van der Waals surface area contributed by atoms with Crippen molar-refractivity contribution in [2.75, 3.05) is 7.11 Å². The molecule has 2 rings (SSSR count). The highest BCUT2D eigenvalue weighted by atomic mass is 19.1. The standard InChI is InChI=1S/C12H13FN2O2/c1-17-12(16)9(14)5-7-6-15-10-4-2-3-8(13)11(7)10/h2-4,6,9,15H,5,14H2,1H3/t9-/m0/s1. The van der Waals surface area contributed by atoms with Crippen LogP contribution in [0.4, 0.5) is 4.39 Å². The molecule has 0 saturated carbocycles. The number of aromatic amines is 1. The maximum Gasteiger partial charge on any atom is 0.322 e. The summed E-state index contributed by atoms with van der Waals surface area (Å²) in [5.74, 6) is -0.827. The normalized spacial score (nSPS) is 12.6. The van der Waals surface area contributed by atoms with Crippen LogP contribution in [0, 0.1) is 5.82 Å².